The van der Waals surface area contributed by atoms with Crippen molar-refractivity contribution in [3.05, 3.63) is 65.7 Å². The summed E-state index contributed by atoms with van der Waals surface area (Å²) in [6.07, 6.45) is -2.79. The number of hydrogen-bond donors (Lipinski definition) is 15. The first-order valence-corrected chi connectivity index (χ1v) is 32.1. The number of benzene rings is 2. The molecule has 0 aliphatic carbocycles. The molecule has 3 aromatic rings. The van der Waals surface area contributed by atoms with Crippen LogP contribution in [0.25, 0.3) is 10.9 Å². The molecule has 34 heteroatoms. The summed E-state index contributed by atoms with van der Waals surface area (Å²) < 4.78 is 21.3. The van der Waals surface area contributed by atoms with E-state index in [4.69, 9.17) is 10.5 Å². The Balaban J connectivity index is 1.19. The third-order valence-corrected chi connectivity index (χ3v) is 18.1. The van der Waals surface area contributed by atoms with Crippen molar-refractivity contribution in [1.29, 1.82) is 0 Å². The van der Waals surface area contributed by atoms with Crippen LogP contribution in [-0.2, 0) is 91.0 Å². The van der Waals surface area contributed by atoms with Crippen molar-refractivity contribution < 1.29 is 91.4 Å². The second-order valence-corrected chi connectivity index (χ2v) is 25.5. The number of nitrogens with two attached hydrogens (primary N) is 1. The fraction of sp³-hybridized carbons (Fsp3) is 0.508. The van der Waals surface area contributed by atoms with Crippen LogP contribution < -0.4 is 63.6 Å². The van der Waals surface area contributed by atoms with E-state index in [9.17, 15) is 82.4 Å². The number of primary amides is 1. The molecule has 0 spiro atoms. The number of aromatic nitrogens is 1. The quantitative estimate of drug-likeness (QED) is 0.0499. The molecular formula is C61H80N14O19S. The zero-order chi connectivity index (χ0) is 69.7. The van der Waals surface area contributed by atoms with Crippen LogP contribution in [0.4, 0.5) is 5.69 Å². The third-order valence-electron chi connectivity index (χ3n) is 16.6. The van der Waals surface area contributed by atoms with E-state index >= 15 is 4.21 Å². The molecule has 95 heavy (non-hydrogen) atoms. The van der Waals surface area contributed by atoms with E-state index in [-0.39, 0.29) is 46.8 Å². The number of rotatable bonds is 19. The van der Waals surface area contributed by atoms with Gasteiger partial charge in [-0.15, -0.1) is 0 Å². The predicted octanol–water partition coefficient (Wildman–Crippen LogP) is -5.15. The number of nitrogens with zero attached hydrogens (tertiary/aromatic N) is 2. The standard InChI is InChI=1S/C61H80N14O19S/c1-7-29(4)51-57(89)64-22-46(81)67-41-27-95(93)60-37(20-39(54(86)63-23-47(82)72-51)68-59(91)52(30(5)43(78)25-76)73-56(88)42-18-34(77)24-75(42)61(92)40(21-44(62)79)69-55(41)87)36-13-12-35(19-38(36)70-60)94-26-32-8-10-33(11-9-32)66-53(85)31(6)65-58(90)50(28(2)3)71-45(80)16-17-74-48(83)14-15-49(74)84/h8-15,19,28-31,34,39-43,50-52,70,76-78H,7,16-18,20-27H2,1-6H3,(H2,62,79)(H,63,86)(H,64,89)(H,65,90)(H,66,85)(H,67,81)(H,68,91)(H,69,87)(H,71,80)(H,72,82)(H,73,88)/t29-,30-,31-,34+,39?,40-,41?,42-,43-,50-,51-,52-,95+/m0/s1. The van der Waals surface area contributed by atoms with Crippen LogP contribution in [0.1, 0.15) is 78.4 Å². The van der Waals surface area contributed by atoms with Gasteiger partial charge < -0.3 is 88.8 Å². The Hall–Kier alpha value is -9.67. The lowest BCUT2D eigenvalue weighted by Gasteiger charge is -2.32. The molecule has 2 aromatic carbocycles. The van der Waals surface area contributed by atoms with Crippen molar-refractivity contribution in [1.82, 2.24) is 62.6 Å². The lowest BCUT2D eigenvalue weighted by molar-refractivity contribution is -0.144. The molecule has 1 saturated heterocycles. The number of anilines is 1. The zero-order valence-corrected chi connectivity index (χ0v) is 53.8. The normalized spacial score (nSPS) is 24.3. The van der Waals surface area contributed by atoms with Gasteiger partial charge in [0, 0.05) is 67.6 Å². The van der Waals surface area contributed by atoms with E-state index < -0.39 is 223 Å². The van der Waals surface area contributed by atoms with Crippen molar-refractivity contribution in [2.24, 2.45) is 23.5 Å². The van der Waals surface area contributed by atoms with Crippen molar-refractivity contribution in [3.8, 4) is 5.75 Å². The first-order chi connectivity index (χ1) is 45.0. The molecule has 1 aromatic heterocycles. The molecule has 5 heterocycles. The maximum atomic E-state index is 15.2. The summed E-state index contributed by atoms with van der Waals surface area (Å²) in [6, 6.07) is -1.55. The van der Waals surface area contributed by atoms with Crippen LogP contribution in [0.5, 0.6) is 5.75 Å². The fourth-order valence-electron chi connectivity index (χ4n) is 10.9. The molecule has 16 N–H and O–H groups in total. The minimum absolute atomic E-state index is 0.0479. The highest BCUT2D eigenvalue weighted by molar-refractivity contribution is 7.85. The monoisotopic (exact) mass is 1340 g/mol. The Labute approximate surface area is 546 Å². The van der Waals surface area contributed by atoms with Gasteiger partial charge in [-0.2, -0.15) is 0 Å². The minimum Gasteiger partial charge on any atom is -0.489 e. The molecule has 14 amide bonds. The van der Waals surface area contributed by atoms with Gasteiger partial charge in [-0.25, -0.2) is 0 Å². The molecule has 0 radical (unpaired) electrons. The molecule has 4 aliphatic heterocycles. The minimum atomic E-state index is -2.48. The van der Waals surface area contributed by atoms with Gasteiger partial charge in [0.25, 0.3) is 11.8 Å². The Morgan fingerprint density at radius 1 is 0.768 bits per heavy atom. The van der Waals surface area contributed by atoms with Crippen molar-refractivity contribution >= 4 is 110 Å². The summed E-state index contributed by atoms with van der Waals surface area (Å²) in [5, 5.41) is 57.1. The van der Waals surface area contributed by atoms with E-state index in [0.29, 0.717) is 17.7 Å². The van der Waals surface area contributed by atoms with E-state index in [1.54, 1.807) is 52.0 Å². The van der Waals surface area contributed by atoms with Gasteiger partial charge in [-0.1, -0.05) is 53.2 Å². The lowest BCUT2D eigenvalue weighted by Crippen LogP contribution is -2.62. The number of carbonyl (C=O) groups is 14. The number of carbonyl (C=O) groups excluding carboxylic acids is 14. The van der Waals surface area contributed by atoms with E-state index in [0.717, 1.165) is 22.0 Å². The molecule has 1 fully saturated rings. The molecule has 13 atom stereocenters. The smallest absolute Gasteiger partial charge is 0.253 e. The second-order valence-electron chi connectivity index (χ2n) is 24.0. The summed E-state index contributed by atoms with van der Waals surface area (Å²) in [6.45, 7) is 6.07. The van der Waals surface area contributed by atoms with Crippen molar-refractivity contribution in [2.45, 2.75) is 146 Å². The number of ether oxygens (including phenoxy) is 1. The first kappa shape index (κ1) is 72.8. The number of hydrogen-bond acceptors (Lipinski definition) is 19. The number of aliphatic hydroxyl groups is 3. The lowest BCUT2D eigenvalue weighted by atomic mass is 9.93. The average molecular weight is 1350 g/mol. The highest BCUT2D eigenvalue weighted by Crippen LogP contribution is 2.31. The Morgan fingerprint density at radius 3 is 2.07 bits per heavy atom. The maximum Gasteiger partial charge on any atom is 0.253 e. The van der Waals surface area contributed by atoms with Crippen LogP contribution in [0, 0.1) is 17.8 Å². The molecular weight excluding hydrogens is 1260 g/mol. The average Bonchev–Trinajstić information content (AvgIpc) is 1.65. The van der Waals surface area contributed by atoms with Gasteiger partial charge in [0.2, 0.25) is 70.9 Å². The Morgan fingerprint density at radius 2 is 1.43 bits per heavy atom. The third kappa shape index (κ3) is 18.8. The molecule has 514 valence electrons. The number of nitrogens with one attached hydrogen (secondary N) is 11. The summed E-state index contributed by atoms with van der Waals surface area (Å²) in [5.41, 5.74) is 6.73. The number of fused-ring (bicyclic) bond motifs is 5. The number of aliphatic hydroxyl groups excluding tert-OH is 3. The van der Waals surface area contributed by atoms with Crippen LogP contribution in [0.3, 0.4) is 0 Å². The molecule has 0 saturated carbocycles. The molecule has 7 rings (SSSR count). The SMILES string of the molecule is CC[C@H](C)[C@@H]1NC(=O)CNC(=O)C2Cc3c([nH]c4cc(OCc5ccc(NC(=O)[C@H](C)NC(=O)[C@@H](NC(=O)CCN6C(=O)C=CC6=O)C(C)C)cc5)ccc34)[S@](=O)CC(NC(=O)CNC1=O)C(=O)N[C@@H](CC(N)=O)C(=O)N1C[C@H](O)C[C@H]1C(=O)N[C@@H]([C@@H](C)[C@@H](O)CO)C(=O)N2. The van der Waals surface area contributed by atoms with Gasteiger partial charge in [0.15, 0.2) is 0 Å². The fourth-order valence-corrected chi connectivity index (χ4v) is 12.3. The highest BCUT2D eigenvalue weighted by Gasteiger charge is 2.45. The van der Waals surface area contributed by atoms with Crippen LogP contribution in [-0.4, -0.2) is 216 Å². The maximum absolute atomic E-state index is 15.2. The van der Waals surface area contributed by atoms with Gasteiger partial charge in [0.05, 0.1) is 60.4 Å². The highest BCUT2D eigenvalue weighted by atomic mass is 32.2. The molecule has 33 nitrogen and oxygen atoms in total. The summed E-state index contributed by atoms with van der Waals surface area (Å²) >= 11 is 0. The van der Waals surface area contributed by atoms with Crippen molar-refractivity contribution in [2.75, 3.05) is 43.9 Å². The van der Waals surface area contributed by atoms with Gasteiger partial charge in [-0.3, -0.25) is 76.2 Å². The largest absolute Gasteiger partial charge is 0.489 e. The second kappa shape index (κ2) is 32.5. The van der Waals surface area contributed by atoms with E-state index in [1.165, 1.54) is 32.0 Å². The van der Waals surface area contributed by atoms with E-state index in [1.807, 2.05) is 0 Å². The van der Waals surface area contributed by atoms with Crippen LogP contribution in [0.2, 0.25) is 0 Å². The Kier molecular flexibility index (Phi) is 24.9. The zero-order valence-electron chi connectivity index (χ0n) is 52.9. The summed E-state index contributed by atoms with van der Waals surface area (Å²) in [7, 11) is -2.48. The van der Waals surface area contributed by atoms with Crippen molar-refractivity contribution in [3.63, 3.8) is 0 Å². The van der Waals surface area contributed by atoms with Gasteiger partial charge >= 0.3 is 0 Å². The molecule has 2 unspecified atom stereocenters. The molecule has 2 bridgehead atoms. The van der Waals surface area contributed by atoms with E-state index in [2.05, 4.69) is 58.2 Å². The van der Waals surface area contributed by atoms with Gasteiger partial charge in [-0.05, 0) is 54.2 Å². The molecule has 4 aliphatic rings. The summed E-state index contributed by atoms with van der Waals surface area (Å²) in [4.78, 5) is 195. The predicted molar refractivity (Wildman–Crippen MR) is 335 cm³/mol. The Bertz CT molecular complexity index is 3530. The van der Waals surface area contributed by atoms with Crippen LogP contribution in [0.15, 0.2) is 59.6 Å². The van der Waals surface area contributed by atoms with Gasteiger partial charge in [0.1, 0.15) is 65.7 Å². The first-order valence-electron chi connectivity index (χ1n) is 30.8. The number of H-pyrrole nitrogens is 1. The number of imide groups is 1. The topological polar surface area (TPSA) is 495 Å². The van der Waals surface area contributed by atoms with Crippen LogP contribution >= 0.6 is 0 Å². The summed E-state index contributed by atoms with van der Waals surface area (Å²) in [5.74, 6) is -15.5. The number of aromatic amines is 1. The number of amides is 14.